The molecule has 3 unspecified atom stereocenters. The summed E-state index contributed by atoms with van der Waals surface area (Å²) in [5, 5.41) is 3.63. The molecule has 0 radical (unpaired) electrons. The first-order chi connectivity index (χ1) is 10.3. The molecule has 2 bridgehead atoms. The maximum Gasteiger partial charge on any atom is 0.119 e. The summed E-state index contributed by atoms with van der Waals surface area (Å²) in [4.78, 5) is 2.77. The van der Waals surface area contributed by atoms with Gasteiger partial charge in [-0.05, 0) is 68.5 Å². The van der Waals surface area contributed by atoms with Crippen molar-refractivity contribution in [3.8, 4) is 5.75 Å². The molecular weight excluding hydrogens is 260 g/mol. The minimum atomic E-state index is 0.595. The molecular formula is C18H26N2O. The number of methoxy groups -OCH3 is 1. The van der Waals surface area contributed by atoms with Crippen LogP contribution < -0.4 is 10.1 Å². The molecule has 1 aliphatic heterocycles. The second kappa shape index (κ2) is 5.29. The van der Waals surface area contributed by atoms with Crippen LogP contribution in [0.1, 0.15) is 36.3 Å². The molecule has 3 aliphatic rings. The fourth-order valence-electron chi connectivity index (χ4n) is 4.46. The van der Waals surface area contributed by atoms with Gasteiger partial charge in [-0.2, -0.15) is 0 Å². The third-order valence-electron chi connectivity index (χ3n) is 5.75. The normalized spacial score (nSPS) is 31.8. The van der Waals surface area contributed by atoms with Gasteiger partial charge in [-0.3, -0.25) is 4.90 Å². The second-order valence-electron chi connectivity index (χ2n) is 6.98. The summed E-state index contributed by atoms with van der Waals surface area (Å²) in [7, 11) is 3.90. The predicted octanol–water partition coefficient (Wildman–Crippen LogP) is 2.41. The van der Waals surface area contributed by atoms with Crippen molar-refractivity contribution in [2.24, 2.45) is 5.92 Å². The van der Waals surface area contributed by atoms with E-state index in [1.54, 1.807) is 7.11 Å². The number of ether oxygens (including phenoxy) is 1. The molecule has 1 N–H and O–H groups in total. The minimum absolute atomic E-state index is 0.595. The number of hydrogen-bond acceptors (Lipinski definition) is 3. The first kappa shape index (κ1) is 13.6. The van der Waals surface area contributed by atoms with Gasteiger partial charge in [-0.15, -0.1) is 0 Å². The summed E-state index contributed by atoms with van der Waals surface area (Å²) in [6, 6.07) is 7.96. The first-order valence-corrected chi connectivity index (χ1v) is 8.38. The molecule has 0 aromatic heterocycles. The fraction of sp³-hybridized carbons (Fsp3) is 0.667. The second-order valence-corrected chi connectivity index (χ2v) is 6.98. The molecule has 1 saturated heterocycles. The average Bonchev–Trinajstić information content (AvgIpc) is 3.33. The Balaban J connectivity index is 1.65. The Kier molecular flexibility index (Phi) is 3.43. The van der Waals surface area contributed by atoms with E-state index in [0.717, 1.165) is 11.7 Å². The number of fused-ring (bicyclic) bond motifs is 4. The highest BCUT2D eigenvalue weighted by Crippen LogP contribution is 2.42. The zero-order valence-electron chi connectivity index (χ0n) is 13.1. The highest BCUT2D eigenvalue weighted by Gasteiger charge is 2.43. The van der Waals surface area contributed by atoms with Crippen LogP contribution in [0.3, 0.4) is 0 Å². The molecule has 4 rings (SSSR count). The number of rotatable bonds is 4. The highest BCUT2D eigenvalue weighted by molar-refractivity contribution is 5.42. The van der Waals surface area contributed by atoms with Gasteiger partial charge in [0.1, 0.15) is 5.75 Å². The SMILES string of the molecule is CNC1C2CCN(CC3CC3)C1Cc1ccc(OC)cc12. The van der Waals surface area contributed by atoms with Gasteiger partial charge in [0.2, 0.25) is 0 Å². The molecule has 1 aromatic carbocycles. The van der Waals surface area contributed by atoms with Gasteiger partial charge in [0.15, 0.2) is 0 Å². The van der Waals surface area contributed by atoms with Crippen LogP contribution in [0.15, 0.2) is 18.2 Å². The third-order valence-corrected chi connectivity index (χ3v) is 5.75. The lowest BCUT2D eigenvalue weighted by Crippen LogP contribution is -2.59. The number of likely N-dealkylation sites (N-methyl/N-ethyl adjacent to an activating group) is 1. The maximum atomic E-state index is 5.44. The lowest BCUT2D eigenvalue weighted by molar-refractivity contribution is 0.0851. The van der Waals surface area contributed by atoms with Gasteiger partial charge in [0, 0.05) is 24.5 Å². The van der Waals surface area contributed by atoms with Gasteiger partial charge < -0.3 is 10.1 Å². The van der Waals surface area contributed by atoms with E-state index in [2.05, 4.69) is 35.5 Å². The zero-order valence-corrected chi connectivity index (χ0v) is 13.1. The number of benzene rings is 1. The summed E-state index contributed by atoms with van der Waals surface area (Å²) in [6.07, 6.45) is 5.36. The Labute approximate surface area is 127 Å². The molecule has 1 saturated carbocycles. The first-order valence-electron chi connectivity index (χ1n) is 8.38. The molecule has 3 heteroatoms. The molecule has 1 heterocycles. The van der Waals surface area contributed by atoms with Crippen LogP contribution in [0.4, 0.5) is 0 Å². The number of nitrogens with zero attached hydrogens (tertiary/aromatic N) is 1. The van der Waals surface area contributed by atoms with Crippen molar-refractivity contribution in [3.05, 3.63) is 29.3 Å². The van der Waals surface area contributed by atoms with E-state index >= 15 is 0 Å². The molecule has 2 aliphatic carbocycles. The standard InChI is InChI=1S/C18H26N2O/c1-19-18-15-7-8-20(11-12-3-4-12)17(18)9-13-5-6-14(21-2)10-16(13)15/h5-6,10,12,15,17-19H,3-4,7-9,11H2,1-2H3. The van der Waals surface area contributed by atoms with E-state index in [-0.39, 0.29) is 0 Å². The Bertz CT molecular complexity index is 526. The molecule has 21 heavy (non-hydrogen) atoms. The van der Waals surface area contributed by atoms with Crippen LogP contribution >= 0.6 is 0 Å². The Morgan fingerprint density at radius 3 is 2.86 bits per heavy atom. The topological polar surface area (TPSA) is 24.5 Å². The molecule has 3 nitrogen and oxygen atoms in total. The molecule has 0 amide bonds. The van der Waals surface area contributed by atoms with E-state index in [9.17, 15) is 0 Å². The average molecular weight is 286 g/mol. The van der Waals surface area contributed by atoms with Crippen LogP contribution in [-0.4, -0.2) is 44.2 Å². The highest BCUT2D eigenvalue weighted by atomic mass is 16.5. The summed E-state index contributed by atoms with van der Waals surface area (Å²) >= 11 is 0. The monoisotopic (exact) mass is 286 g/mol. The zero-order chi connectivity index (χ0) is 14.4. The molecule has 3 atom stereocenters. The van der Waals surface area contributed by atoms with Crippen molar-refractivity contribution in [3.63, 3.8) is 0 Å². The van der Waals surface area contributed by atoms with Crippen molar-refractivity contribution in [2.75, 3.05) is 27.2 Å². The van der Waals surface area contributed by atoms with E-state index in [0.29, 0.717) is 18.0 Å². The van der Waals surface area contributed by atoms with Crippen molar-refractivity contribution in [1.29, 1.82) is 0 Å². The summed E-state index contributed by atoms with van der Waals surface area (Å²) in [6.45, 7) is 2.59. The van der Waals surface area contributed by atoms with Crippen molar-refractivity contribution < 1.29 is 4.74 Å². The molecule has 2 fully saturated rings. The van der Waals surface area contributed by atoms with Gasteiger partial charge in [0.25, 0.3) is 0 Å². The summed E-state index contributed by atoms with van der Waals surface area (Å²) in [5.41, 5.74) is 3.06. The van der Waals surface area contributed by atoms with E-state index in [1.807, 2.05) is 0 Å². The van der Waals surface area contributed by atoms with Crippen molar-refractivity contribution in [2.45, 2.75) is 43.7 Å². The van der Waals surface area contributed by atoms with E-state index in [4.69, 9.17) is 4.74 Å². The van der Waals surface area contributed by atoms with Crippen molar-refractivity contribution >= 4 is 0 Å². The number of hydrogen-bond donors (Lipinski definition) is 1. The van der Waals surface area contributed by atoms with Crippen LogP contribution in [0, 0.1) is 5.92 Å². The number of piperidine rings is 1. The Hall–Kier alpha value is -1.06. The number of nitrogens with one attached hydrogen (secondary N) is 1. The Morgan fingerprint density at radius 2 is 2.14 bits per heavy atom. The largest absolute Gasteiger partial charge is 0.497 e. The van der Waals surface area contributed by atoms with Crippen molar-refractivity contribution in [1.82, 2.24) is 10.2 Å². The number of likely N-dealkylation sites (tertiary alicyclic amines) is 1. The molecule has 0 spiro atoms. The van der Waals surface area contributed by atoms with E-state index < -0.39 is 0 Å². The van der Waals surface area contributed by atoms with E-state index in [1.165, 1.54) is 49.9 Å². The minimum Gasteiger partial charge on any atom is -0.497 e. The maximum absolute atomic E-state index is 5.44. The van der Waals surface area contributed by atoms with Gasteiger partial charge in [-0.1, -0.05) is 6.07 Å². The van der Waals surface area contributed by atoms with Gasteiger partial charge in [-0.25, -0.2) is 0 Å². The van der Waals surface area contributed by atoms with Gasteiger partial charge >= 0.3 is 0 Å². The van der Waals surface area contributed by atoms with Crippen LogP contribution in [0.25, 0.3) is 0 Å². The summed E-state index contributed by atoms with van der Waals surface area (Å²) in [5.74, 6) is 2.63. The third kappa shape index (κ3) is 2.36. The predicted molar refractivity (Wildman–Crippen MR) is 85.0 cm³/mol. The van der Waals surface area contributed by atoms with Gasteiger partial charge in [0.05, 0.1) is 7.11 Å². The Morgan fingerprint density at radius 1 is 1.29 bits per heavy atom. The smallest absolute Gasteiger partial charge is 0.119 e. The van der Waals surface area contributed by atoms with Crippen LogP contribution in [-0.2, 0) is 6.42 Å². The fourth-order valence-corrected chi connectivity index (χ4v) is 4.46. The molecule has 1 aromatic rings. The lowest BCUT2D eigenvalue weighted by atomic mass is 9.71. The molecule has 114 valence electrons. The quantitative estimate of drug-likeness (QED) is 0.920. The van der Waals surface area contributed by atoms with Crippen LogP contribution in [0.5, 0.6) is 5.75 Å². The van der Waals surface area contributed by atoms with Crippen LogP contribution in [0.2, 0.25) is 0 Å². The lowest BCUT2D eigenvalue weighted by Gasteiger charge is -2.50. The summed E-state index contributed by atoms with van der Waals surface area (Å²) < 4.78 is 5.44.